The molecule has 0 saturated carbocycles. The molecule has 328 valence electrons. The Morgan fingerprint density at radius 3 is 1.32 bits per heavy atom. The van der Waals surface area contributed by atoms with Crippen LogP contribution >= 0.6 is 7.82 Å². The number of phosphoric ester groups is 1. The highest BCUT2D eigenvalue weighted by atomic mass is 31.2. The summed E-state index contributed by atoms with van der Waals surface area (Å²) >= 11 is 0. The average Bonchev–Trinajstić information content (AvgIpc) is 3.17. The van der Waals surface area contributed by atoms with Crippen LogP contribution in [-0.2, 0) is 23.1 Å². The second kappa shape index (κ2) is 40.5. The van der Waals surface area contributed by atoms with Gasteiger partial charge in [0.2, 0.25) is 0 Å². The summed E-state index contributed by atoms with van der Waals surface area (Å²) in [6, 6.07) is 0. The van der Waals surface area contributed by atoms with Crippen molar-refractivity contribution in [3.8, 4) is 0 Å². The summed E-state index contributed by atoms with van der Waals surface area (Å²) in [5.74, 6) is -0.374. The van der Waals surface area contributed by atoms with Gasteiger partial charge in [0.1, 0.15) is 25.9 Å². The minimum atomic E-state index is -4.26. The number of phosphoric acid groups is 1. The lowest BCUT2D eigenvalue weighted by atomic mass is 10.0. The predicted molar refractivity (Wildman–Crippen MR) is 242 cm³/mol. The fourth-order valence-electron chi connectivity index (χ4n) is 5.70. The molecule has 0 amide bonds. The maximum atomic E-state index is 12.0. The lowest BCUT2D eigenvalue weighted by molar-refractivity contribution is -0.870. The van der Waals surface area contributed by atoms with Crippen molar-refractivity contribution in [3.63, 3.8) is 0 Å². The van der Waals surface area contributed by atoms with E-state index in [1.807, 2.05) is 21.1 Å². The fraction of sp³-hybridized carbons (Fsp3) is 0.688. The highest BCUT2D eigenvalue weighted by Crippen LogP contribution is 2.43. The van der Waals surface area contributed by atoms with Gasteiger partial charge in [0, 0.05) is 6.42 Å². The van der Waals surface area contributed by atoms with Gasteiger partial charge >= 0.3 is 13.8 Å². The third-order valence-corrected chi connectivity index (χ3v) is 10.2. The third kappa shape index (κ3) is 46.2. The van der Waals surface area contributed by atoms with E-state index in [9.17, 15) is 19.4 Å². The van der Waals surface area contributed by atoms with Crippen LogP contribution in [-0.4, -0.2) is 74.1 Å². The molecule has 57 heavy (non-hydrogen) atoms. The van der Waals surface area contributed by atoms with Crippen LogP contribution in [0, 0.1) is 0 Å². The molecule has 0 spiro atoms. The molecule has 0 radical (unpaired) electrons. The molecule has 0 rings (SSSR count). The highest BCUT2D eigenvalue weighted by molar-refractivity contribution is 7.47. The summed E-state index contributed by atoms with van der Waals surface area (Å²) in [7, 11) is 1.56. The van der Waals surface area contributed by atoms with Gasteiger partial charge in [-0.15, -0.1) is 0 Å². The van der Waals surface area contributed by atoms with E-state index in [1.54, 1.807) is 0 Å². The van der Waals surface area contributed by atoms with E-state index in [2.05, 4.69) is 92.0 Å². The summed E-state index contributed by atoms with van der Waals surface area (Å²) in [5, 5.41) is 9.92. The van der Waals surface area contributed by atoms with Crippen LogP contribution in [0.2, 0.25) is 0 Å². The van der Waals surface area contributed by atoms with Gasteiger partial charge in [0.25, 0.3) is 0 Å². The van der Waals surface area contributed by atoms with Crippen LogP contribution in [0.3, 0.4) is 0 Å². The summed E-state index contributed by atoms with van der Waals surface area (Å²) in [6.07, 6.45) is 57.8. The number of unbranched alkanes of at least 4 members (excludes halogenated alkanes) is 15. The van der Waals surface area contributed by atoms with E-state index in [4.69, 9.17) is 13.8 Å². The SMILES string of the molecule is CC/C=C\C/C=C\C/C=C\C/C=C\C/C=C\C/C=C\C/C=C\CCCCCCCCCCCCCCCCCC(=O)OCC(O)COP(=O)(O)OCC[N+](C)(C)C. The molecule has 0 aromatic heterocycles. The predicted octanol–water partition coefficient (Wildman–Crippen LogP) is 13.0. The molecule has 8 nitrogen and oxygen atoms in total. The summed E-state index contributed by atoms with van der Waals surface area (Å²) < 4.78 is 27.3. The second-order valence-electron chi connectivity index (χ2n) is 15.9. The van der Waals surface area contributed by atoms with Gasteiger partial charge in [-0.3, -0.25) is 13.8 Å². The van der Waals surface area contributed by atoms with Crippen molar-refractivity contribution in [1.29, 1.82) is 0 Å². The number of aliphatic hydroxyl groups excluding tert-OH is 1. The maximum Gasteiger partial charge on any atom is 0.472 e. The first-order chi connectivity index (χ1) is 27.6. The number of aliphatic hydroxyl groups is 1. The Kier molecular flexibility index (Phi) is 38.8. The van der Waals surface area contributed by atoms with Gasteiger partial charge in [-0.05, 0) is 64.2 Å². The van der Waals surface area contributed by atoms with Crippen LogP contribution in [0.25, 0.3) is 0 Å². The van der Waals surface area contributed by atoms with Crippen molar-refractivity contribution in [2.75, 3.05) is 47.5 Å². The fourth-order valence-corrected chi connectivity index (χ4v) is 6.44. The van der Waals surface area contributed by atoms with E-state index in [-0.39, 0.29) is 19.2 Å². The minimum Gasteiger partial charge on any atom is -0.463 e. The van der Waals surface area contributed by atoms with Crippen molar-refractivity contribution in [2.45, 2.75) is 167 Å². The smallest absolute Gasteiger partial charge is 0.463 e. The molecule has 0 bridgehead atoms. The molecule has 0 aliphatic heterocycles. The highest BCUT2D eigenvalue weighted by Gasteiger charge is 2.24. The maximum absolute atomic E-state index is 12.0. The van der Waals surface area contributed by atoms with Crippen LogP contribution in [0.4, 0.5) is 0 Å². The molecule has 0 saturated heterocycles. The van der Waals surface area contributed by atoms with Crippen molar-refractivity contribution in [2.24, 2.45) is 0 Å². The molecule has 2 N–H and O–H groups in total. The topological polar surface area (TPSA) is 102 Å². The van der Waals surface area contributed by atoms with Crippen LogP contribution < -0.4 is 0 Å². The molecule has 0 fully saturated rings. The van der Waals surface area contributed by atoms with Gasteiger partial charge in [-0.1, -0.05) is 175 Å². The molecule has 9 heteroatoms. The van der Waals surface area contributed by atoms with Gasteiger partial charge < -0.3 is 19.2 Å². The Morgan fingerprint density at radius 1 is 0.544 bits per heavy atom. The molecule has 0 aromatic rings. The minimum absolute atomic E-state index is 0.0520. The number of hydrogen-bond donors (Lipinski definition) is 2. The van der Waals surface area contributed by atoms with Crippen LogP contribution in [0.1, 0.15) is 161 Å². The Labute approximate surface area is 350 Å². The van der Waals surface area contributed by atoms with Gasteiger partial charge in [-0.25, -0.2) is 4.57 Å². The van der Waals surface area contributed by atoms with Crippen LogP contribution in [0.5, 0.6) is 0 Å². The van der Waals surface area contributed by atoms with Gasteiger partial charge in [0.15, 0.2) is 0 Å². The standard InChI is InChI=1S/C48H84NO7P/c1-5-6-7-8-9-10-11-12-13-14-15-16-17-18-19-20-21-22-23-24-25-26-27-28-29-30-31-32-33-34-35-36-37-38-39-40-41-42-48(51)54-45-47(50)46-56-57(52,53)55-44-43-49(2,3)4/h6-7,9-10,12-13,15-16,18-19,21-22,24-25,47,50H,5,8,11,14,17,20,23,26-46H2,1-4H3/p+1/b7-6-,10-9-,13-12-,16-15-,19-18-,22-21-,25-24-. The van der Waals surface area contributed by atoms with E-state index in [0.29, 0.717) is 17.4 Å². The number of likely N-dealkylation sites (N-methyl/N-ethyl adjacent to an activating group) is 1. The lowest BCUT2D eigenvalue weighted by Crippen LogP contribution is -2.37. The Hall–Kier alpha value is -2.32. The van der Waals surface area contributed by atoms with E-state index < -0.39 is 20.5 Å². The van der Waals surface area contributed by atoms with Crippen molar-refractivity contribution < 1.29 is 37.6 Å². The van der Waals surface area contributed by atoms with Gasteiger partial charge in [-0.2, -0.15) is 0 Å². The molecule has 2 unspecified atom stereocenters. The van der Waals surface area contributed by atoms with Crippen molar-refractivity contribution in [3.05, 3.63) is 85.1 Å². The van der Waals surface area contributed by atoms with Crippen molar-refractivity contribution >= 4 is 13.8 Å². The first kappa shape index (κ1) is 54.7. The van der Waals surface area contributed by atoms with E-state index in [0.717, 1.165) is 64.2 Å². The number of nitrogens with zero attached hydrogens (tertiary/aromatic N) is 1. The van der Waals surface area contributed by atoms with Crippen molar-refractivity contribution in [1.82, 2.24) is 0 Å². The number of ether oxygens (including phenoxy) is 1. The molecule has 2 atom stereocenters. The number of carbonyl (C=O) groups is 1. The first-order valence-electron chi connectivity index (χ1n) is 22.4. The number of rotatable bonds is 40. The molecular formula is C48H85NO7P+. The van der Waals surface area contributed by atoms with Gasteiger partial charge in [0.05, 0.1) is 27.7 Å². The zero-order chi connectivity index (χ0) is 42.0. The normalized spacial score (nSPS) is 14.6. The summed E-state index contributed by atoms with van der Waals surface area (Å²) in [5.41, 5.74) is 0. The zero-order valence-corrected chi connectivity index (χ0v) is 37.7. The Balaban J connectivity index is 3.46. The van der Waals surface area contributed by atoms with E-state index >= 15 is 0 Å². The number of quaternary nitrogens is 1. The lowest BCUT2D eigenvalue weighted by Gasteiger charge is -2.24. The number of hydrogen-bond acceptors (Lipinski definition) is 6. The van der Waals surface area contributed by atoms with Crippen LogP contribution in [0.15, 0.2) is 85.1 Å². The Bertz CT molecular complexity index is 1180. The Morgan fingerprint density at radius 2 is 0.912 bits per heavy atom. The largest absolute Gasteiger partial charge is 0.472 e. The number of esters is 1. The molecule has 0 aromatic carbocycles. The quantitative estimate of drug-likeness (QED) is 0.0209. The second-order valence-corrected chi connectivity index (χ2v) is 17.4. The molecule has 0 heterocycles. The number of allylic oxidation sites excluding steroid dienone is 14. The number of carbonyl (C=O) groups excluding carboxylic acids is 1. The molecule has 0 aliphatic rings. The average molecular weight is 819 g/mol. The molecule has 0 aliphatic carbocycles. The van der Waals surface area contributed by atoms with E-state index in [1.165, 1.54) is 83.5 Å². The first-order valence-corrected chi connectivity index (χ1v) is 23.9. The molecular weight excluding hydrogens is 734 g/mol. The summed E-state index contributed by atoms with van der Waals surface area (Å²) in [4.78, 5) is 21.7. The third-order valence-electron chi connectivity index (χ3n) is 9.17. The summed E-state index contributed by atoms with van der Waals surface area (Å²) in [6.45, 7) is 2.02. The zero-order valence-electron chi connectivity index (χ0n) is 36.8. The monoisotopic (exact) mass is 819 g/mol.